The van der Waals surface area contributed by atoms with Crippen molar-refractivity contribution in [3.05, 3.63) is 0 Å². The highest BCUT2D eigenvalue weighted by atomic mass is 16.4. The monoisotopic (exact) mass is 163 g/mol. The van der Waals surface area contributed by atoms with Gasteiger partial charge in [0, 0.05) is 13.5 Å². The van der Waals surface area contributed by atoms with Gasteiger partial charge in [-0.2, -0.15) is 0 Å². The Balaban J connectivity index is 3.51. The van der Waals surface area contributed by atoms with E-state index >= 15 is 0 Å². The third kappa shape index (κ3) is 4.72. The maximum Gasteiger partial charge on any atom is 0.216 e. The van der Waals surface area contributed by atoms with E-state index in [2.05, 4.69) is 5.32 Å². The topological polar surface area (TPSA) is 89.8 Å². The number of carbonyl (C=O) groups excluding carboxylic acids is 1. The second-order valence-electron chi connectivity index (χ2n) is 2.25. The predicted octanol–water partition coefficient (Wildman–Crippen LogP) is -2.16. The van der Waals surface area contributed by atoms with Crippen LogP contribution in [0.15, 0.2) is 0 Å². The van der Waals surface area contributed by atoms with Crippen molar-refractivity contribution in [1.82, 2.24) is 5.32 Å². The smallest absolute Gasteiger partial charge is 0.216 e. The number of aliphatic hydroxyl groups is 3. The minimum absolute atomic E-state index is 0.0446. The van der Waals surface area contributed by atoms with Gasteiger partial charge in [-0.15, -0.1) is 0 Å². The van der Waals surface area contributed by atoms with Crippen molar-refractivity contribution in [2.45, 2.75) is 19.1 Å². The number of hydrogen-bond donors (Lipinski definition) is 4. The molecule has 0 saturated heterocycles. The van der Waals surface area contributed by atoms with Crippen LogP contribution < -0.4 is 5.32 Å². The summed E-state index contributed by atoms with van der Waals surface area (Å²) >= 11 is 0. The molecule has 66 valence electrons. The fourth-order valence-electron chi connectivity index (χ4n) is 0.506. The highest BCUT2D eigenvalue weighted by Gasteiger charge is 2.14. The first-order valence-electron chi connectivity index (χ1n) is 3.29. The zero-order chi connectivity index (χ0) is 8.85. The summed E-state index contributed by atoms with van der Waals surface area (Å²) in [6.45, 7) is 0.746. The normalized spacial score (nSPS) is 15.6. The fraction of sp³-hybridized carbons (Fsp3) is 0.833. The van der Waals surface area contributed by atoms with Crippen LogP contribution in [-0.4, -0.2) is 46.6 Å². The van der Waals surface area contributed by atoms with Crippen LogP contribution in [0.1, 0.15) is 6.92 Å². The number of amides is 1. The lowest BCUT2D eigenvalue weighted by Crippen LogP contribution is -2.39. The van der Waals surface area contributed by atoms with Crippen molar-refractivity contribution in [3.8, 4) is 0 Å². The number of nitrogens with one attached hydrogen (secondary N) is 1. The summed E-state index contributed by atoms with van der Waals surface area (Å²) in [5.74, 6) is -0.283. The Morgan fingerprint density at radius 3 is 2.36 bits per heavy atom. The standard InChI is InChI=1S/C6H13NO4/c1-4(9)7-2-5(10)6(11)3-8/h5-6,8,10-11H,2-3H2,1H3,(H,7,9). The molecule has 2 atom stereocenters. The first-order valence-corrected chi connectivity index (χ1v) is 3.29. The highest BCUT2D eigenvalue weighted by molar-refractivity contribution is 5.72. The molecule has 2 unspecified atom stereocenters. The number of rotatable bonds is 4. The molecule has 0 fully saturated rings. The maximum atomic E-state index is 10.3. The van der Waals surface area contributed by atoms with Gasteiger partial charge in [0.2, 0.25) is 5.91 Å². The van der Waals surface area contributed by atoms with Gasteiger partial charge < -0.3 is 20.6 Å². The lowest BCUT2D eigenvalue weighted by molar-refractivity contribution is -0.120. The van der Waals surface area contributed by atoms with Crippen molar-refractivity contribution in [2.75, 3.05) is 13.2 Å². The molecular formula is C6H13NO4. The van der Waals surface area contributed by atoms with Gasteiger partial charge >= 0.3 is 0 Å². The summed E-state index contributed by atoms with van der Waals surface area (Å²) < 4.78 is 0. The Bertz CT molecular complexity index is 128. The minimum Gasteiger partial charge on any atom is -0.394 e. The van der Waals surface area contributed by atoms with Crippen molar-refractivity contribution < 1.29 is 20.1 Å². The zero-order valence-electron chi connectivity index (χ0n) is 6.32. The molecule has 0 radical (unpaired) electrons. The molecular weight excluding hydrogens is 150 g/mol. The van der Waals surface area contributed by atoms with Gasteiger partial charge in [0.15, 0.2) is 0 Å². The molecule has 0 aromatic carbocycles. The Morgan fingerprint density at radius 1 is 1.45 bits per heavy atom. The summed E-state index contributed by atoms with van der Waals surface area (Å²) in [4.78, 5) is 10.3. The third-order valence-corrected chi connectivity index (χ3v) is 1.19. The zero-order valence-corrected chi connectivity index (χ0v) is 6.32. The Hall–Kier alpha value is -0.650. The lowest BCUT2D eigenvalue weighted by Gasteiger charge is -2.14. The van der Waals surface area contributed by atoms with Crippen LogP contribution >= 0.6 is 0 Å². The van der Waals surface area contributed by atoms with Crippen LogP contribution in [0.5, 0.6) is 0 Å². The first kappa shape index (κ1) is 10.3. The van der Waals surface area contributed by atoms with Gasteiger partial charge in [0.1, 0.15) is 6.10 Å². The molecule has 0 aliphatic rings. The van der Waals surface area contributed by atoms with Gasteiger partial charge in [-0.3, -0.25) is 4.79 Å². The minimum atomic E-state index is -1.19. The second-order valence-corrected chi connectivity index (χ2v) is 2.25. The molecule has 0 heterocycles. The lowest BCUT2D eigenvalue weighted by atomic mass is 10.2. The summed E-state index contributed by atoms with van der Waals surface area (Å²) in [5.41, 5.74) is 0. The van der Waals surface area contributed by atoms with E-state index in [0.717, 1.165) is 0 Å². The summed E-state index contributed by atoms with van der Waals surface area (Å²) in [7, 11) is 0. The molecule has 5 heteroatoms. The summed E-state index contributed by atoms with van der Waals surface area (Å²) in [6, 6.07) is 0. The summed E-state index contributed by atoms with van der Waals surface area (Å²) in [5, 5.41) is 28.4. The van der Waals surface area contributed by atoms with E-state index in [1.54, 1.807) is 0 Å². The second kappa shape index (κ2) is 5.06. The third-order valence-electron chi connectivity index (χ3n) is 1.19. The largest absolute Gasteiger partial charge is 0.394 e. The fourth-order valence-corrected chi connectivity index (χ4v) is 0.506. The SMILES string of the molecule is CC(=O)NCC(O)C(O)CO. The Kier molecular flexibility index (Phi) is 4.76. The van der Waals surface area contributed by atoms with Gasteiger partial charge in [0.05, 0.1) is 12.7 Å². The molecule has 0 aromatic heterocycles. The molecule has 1 amide bonds. The molecule has 0 aliphatic carbocycles. The van der Waals surface area contributed by atoms with E-state index in [1.807, 2.05) is 0 Å². The molecule has 11 heavy (non-hydrogen) atoms. The molecule has 0 saturated carbocycles. The molecule has 0 spiro atoms. The Morgan fingerprint density at radius 2 is 2.00 bits per heavy atom. The van der Waals surface area contributed by atoms with Gasteiger partial charge in [-0.1, -0.05) is 0 Å². The van der Waals surface area contributed by atoms with Crippen LogP contribution in [0.3, 0.4) is 0 Å². The first-order chi connectivity index (χ1) is 5.07. The number of carbonyl (C=O) groups is 1. The predicted molar refractivity (Wildman–Crippen MR) is 37.8 cm³/mol. The van der Waals surface area contributed by atoms with Gasteiger partial charge in [0.25, 0.3) is 0 Å². The summed E-state index contributed by atoms with van der Waals surface area (Å²) in [6.07, 6.45) is -2.30. The van der Waals surface area contributed by atoms with E-state index in [-0.39, 0.29) is 12.5 Å². The maximum absolute atomic E-state index is 10.3. The van der Waals surface area contributed by atoms with Gasteiger partial charge in [-0.05, 0) is 0 Å². The van der Waals surface area contributed by atoms with Crippen LogP contribution in [0.4, 0.5) is 0 Å². The number of hydrogen-bond acceptors (Lipinski definition) is 4. The highest BCUT2D eigenvalue weighted by Crippen LogP contribution is 1.89. The van der Waals surface area contributed by atoms with Crippen molar-refractivity contribution >= 4 is 5.91 Å². The van der Waals surface area contributed by atoms with E-state index in [0.29, 0.717) is 0 Å². The van der Waals surface area contributed by atoms with Crippen molar-refractivity contribution in [3.63, 3.8) is 0 Å². The molecule has 0 rings (SSSR count). The molecule has 0 aliphatic heterocycles. The molecule has 0 aromatic rings. The van der Waals surface area contributed by atoms with Crippen LogP contribution in [0.25, 0.3) is 0 Å². The average molecular weight is 163 g/mol. The van der Waals surface area contributed by atoms with Crippen molar-refractivity contribution in [1.29, 1.82) is 0 Å². The van der Waals surface area contributed by atoms with E-state index in [1.165, 1.54) is 6.92 Å². The van der Waals surface area contributed by atoms with E-state index < -0.39 is 18.8 Å². The van der Waals surface area contributed by atoms with Crippen molar-refractivity contribution in [2.24, 2.45) is 0 Å². The molecule has 0 bridgehead atoms. The van der Waals surface area contributed by atoms with E-state index in [9.17, 15) is 4.79 Å². The molecule has 5 nitrogen and oxygen atoms in total. The van der Waals surface area contributed by atoms with Crippen LogP contribution in [0.2, 0.25) is 0 Å². The quantitative estimate of drug-likeness (QED) is 0.380. The number of aliphatic hydroxyl groups excluding tert-OH is 3. The van der Waals surface area contributed by atoms with Gasteiger partial charge in [-0.25, -0.2) is 0 Å². The average Bonchev–Trinajstić information content (AvgIpc) is 1.98. The molecule has 4 N–H and O–H groups in total. The van der Waals surface area contributed by atoms with E-state index in [4.69, 9.17) is 15.3 Å². The van der Waals surface area contributed by atoms with Crippen LogP contribution in [-0.2, 0) is 4.79 Å². The Labute approximate surface area is 64.7 Å². The van der Waals surface area contributed by atoms with Crippen LogP contribution in [0, 0.1) is 0 Å².